The number of β-amino-alcohol motifs (C(OH)–C–C–N with tert-alkyl or cyclic N) is 1. The number of piperidine rings is 1. The van der Waals surface area contributed by atoms with E-state index in [9.17, 15) is 9.90 Å². The SMILES string of the molecule is Cc1ccc(C(=O)N2CCCC(O)(Cn3ccnn3)C2)o1. The van der Waals surface area contributed by atoms with Gasteiger partial charge >= 0.3 is 0 Å². The number of nitrogens with zero attached hydrogens (tertiary/aromatic N) is 4. The van der Waals surface area contributed by atoms with Crippen LogP contribution in [0.5, 0.6) is 0 Å². The molecule has 0 aliphatic carbocycles. The van der Waals surface area contributed by atoms with E-state index in [0.717, 1.165) is 6.42 Å². The lowest BCUT2D eigenvalue weighted by atomic mass is 9.92. The normalized spacial score (nSPS) is 22.5. The van der Waals surface area contributed by atoms with Gasteiger partial charge in [0.15, 0.2) is 5.76 Å². The highest BCUT2D eigenvalue weighted by molar-refractivity contribution is 5.91. The molecule has 0 aromatic carbocycles. The molecule has 21 heavy (non-hydrogen) atoms. The summed E-state index contributed by atoms with van der Waals surface area (Å²) in [6, 6.07) is 3.43. The van der Waals surface area contributed by atoms with Gasteiger partial charge in [0.05, 0.1) is 19.3 Å². The summed E-state index contributed by atoms with van der Waals surface area (Å²) in [6.45, 7) is 3.02. The third-order valence-electron chi connectivity index (χ3n) is 3.72. The molecule has 1 aliphatic heterocycles. The van der Waals surface area contributed by atoms with Crippen molar-refractivity contribution in [3.05, 3.63) is 36.0 Å². The second-order valence-electron chi connectivity index (χ2n) is 5.57. The van der Waals surface area contributed by atoms with Crippen molar-refractivity contribution in [3.8, 4) is 0 Å². The number of amides is 1. The summed E-state index contributed by atoms with van der Waals surface area (Å²) in [4.78, 5) is 14.0. The molecule has 0 bridgehead atoms. The van der Waals surface area contributed by atoms with Crippen LogP contribution in [-0.2, 0) is 6.54 Å². The number of hydrogen-bond donors (Lipinski definition) is 1. The molecule has 7 heteroatoms. The van der Waals surface area contributed by atoms with Crippen LogP contribution in [0.3, 0.4) is 0 Å². The fourth-order valence-electron chi connectivity index (χ4n) is 2.74. The number of carbonyl (C=O) groups excluding carboxylic acids is 1. The van der Waals surface area contributed by atoms with Gasteiger partial charge in [-0.1, -0.05) is 5.21 Å². The van der Waals surface area contributed by atoms with Crippen LogP contribution in [0.1, 0.15) is 29.2 Å². The Morgan fingerprint density at radius 2 is 2.38 bits per heavy atom. The Balaban J connectivity index is 1.71. The number of rotatable bonds is 3. The Morgan fingerprint density at radius 3 is 3.05 bits per heavy atom. The average Bonchev–Trinajstić information content (AvgIpc) is 3.09. The third-order valence-corrected chi connectivity index (χ3v) is 3.72. The van der Waals surface area contributed by atoms with E-state index in [1.807, 2.05) is 0 Å². The minimum absolute atomic E-state index is 0.181. The molecule has 2 aromatic heterocycles. The molecule has 3 rings (SSSR count). The highest BCUT2D eigenvalue weighted by Crippen LogP contribution is 2.24. The summed E-state index contributed by atoms with van der Waals surface area (Å²) in [6.07, 6.45) is 4.65. The molecular formula is C14H18N4O3. The number of furan rings is 1. The van der Waals surface area contributed by atoms with Gasteiger partial charge in [-0.25, -0.2) is 4.68 Å². The van der Waals surface area contributed by atoms with Crippen molar-refractivity contribution >= 4 is 5.91 Å². The van der Waals surface area contributed by atoms with Gasteiger partial charge in [0.1, 0.15) is 11.4 Å². The standard InChI is InChI=1S/C14H18N4O3/c1-11-3-4-12(21-11)13(19)17-7-2-5-14(20,9-17)10-18-8-6-15-16-18/h3-4,6,8,20H,2,5,7,9-10H2,1H3. The molecule has 1 N–H and O–H groups in total. The van der Waals surface area contributed by atoms with Crippen LogP contribution in [0.2, 0.25) is 0 Å². The van der Waals surface area contributed by atoms with Crippen molar-refractivity contribution in [1.82, 2.24) is 19.9 Å². The lowest BCUT2D eigenvalue weighted by molar-refractivity contribution is -0.0394. The fourth-order valence-corrected chi connectivity index (χ4v) is 2.74. The van der Waals surface area contributed by atoms with Gasteiger partial charge in [-0.05, 0) is 31.9 Å². The number of aromatic nitrogens is 3. The molecule has 2 aromatic rings. The second kappa shape index (κ2) is 5.33. The van der Waals surface area contributed by atoms with Gasteiger partial charge in [-0.15, -0.1) is 5.10 Å². The number of carbonyl (C=O) groups is 1. The predicted octanol–water partition coefficient (Wildman–Crippen LogP) is 0.847. The predicted molar refractivity (Wildman–Crippen MR) is 73.6 cm³/mol. The number of aryl methyl sites for hydroxylation is 1. The van der Waals surface area contributed by atoms with E-state index in [1.165, 1.54) is 0 Å². The van der Waals surface area contributed by atoms with E-state index >= 15 is 0 Å². The van der Waals surface area contributed by atoms with Gasteiger partial charge < -0.3 is 14.4 Å². The van der Waals surface area contributed by atoms with E-state index < -0.39 is 5.60 Å². The lowest BCUT2D eigenvalue weighted by Gasteiger charge is -2.38. The van der Waals surface area contributed by atoms with Crippen molar-refractivity contribution in [2.24, 2.45) is 0 Å². The zero-order valence-corrected chi connectivity index (χ0v) is 11.9. The van der Waals surface area contributed by atoms with Crippen LogP contribution in [-0.4, -0.2) is 49.6 Å². The van der Waals surface area contributed by atoms with Crippen molar-refractivity contribution in [3.63, 3.8) is 0 Å². The van der Waals surface area contributed by atoms with Crippen LogP contribution in [0.15, 0.2) is 28.9 Å². The van der Waals surface area contributed by atoms with Crippen molar-refractivity contribution < 1.29 is 14.3 Å². The largest absolute Gasteiger partial charge is 0.456 e. The number of hydrogen-bond acceptors (Lipinski definition) is 5. The molecule has 3 heterocycles. The maximum atomic E-state index is 12.4. The summed E-state index contributed by atoms with van der Waals surface area (Å²) < 4.78 is 6.96. The van der Waals surface area contributed by atoms with E-state index in [4.69, 9.17) is 4.42 Å². The van der Waals surface area contributed by atoms with Gasteiger partial charge in [0, 0.05) is 12.7 Å². The molecule has 1 fully saturated rings. The van der Waals surface area contributed by atoms with Gasteiger partial charge in [0.2, 0.25) is 0 Å². The molecule has 112 valence electrons. The maximum absolute atomic E-state index is 12.4. The van der Waals surface area contributed by atoms with Gasteiger partial charge in [-0.3, -0.25) is 4.79 Å². The van der Waals surface area contributed by atoms with E-state index in [1.54, 1.807) is 41.0 Å². The minimum atomic E-state index is -0.983. The molecule has 1 unspecified atom stereocenters. The third kappa shape index (κ3) is 2.97. The van der Waals surface area contributed by atoms with Crippen molar-refractivity contribution in [2.75, 3.05) is 13.1 Å². The molecular weight excluding hydrogens is 272 g/mol. The van der Waals surface area contributed by atoms with Crippen molar-refractivity contribution in [1.29, 1.82) is 0 Å². The monoisotopic (exact) mass is 290 g/mol. The van der Waals surface area contributed by atoms with E-state index in [2.05, 4.69) is 10.3 Å². The molecule has 7 nitrogen and oxygen atoms in total. The summed E-state index contributed by atoms with van der Waals surface area (Å²) in [7, 11) is 0. The van der Waals surface area contributed by atoms with Crippen LogP contribution in [0.4, 0.5) is 0 Å². The molecule has 0 spiro atoms. The van der Waals surface area contributed by atoms with Crippen LogP contribution < -0.4 is 0 Å². The first-order chi connectivity index (χ1) is 10.1. The zero-order chi connectivity index (χ0) is 14.9. The van der Waals surface area contributed by atoms with E-state index in [-0.39, 0.29) is 12.5 Å². The number of likely N-dealkylation sites (tertiary alicyclic amines) is 1. The highest BCUT2D eigenvalue weighted by Gasteiger charge is 2.36. The molecule has 1 aliphatic rings. The Kier molecular flexibility index (Phi) is 3.50. The average molecular weight is 290 g/mol. The van der Waals surface area contributed by atoms with E-state index in [0.29, 0.717) is 31.0 Å². The highest BCUT2D eigenvalue weighted by atomic mass is 16.4. The summed E-state index contributed by atoms with van der Waals surface area (Å²) >= 11 is 0. The summed E-state index contributed by atoms with van der Waals surface area (Å²) in [5, 5.41) is 18.3. The fraction of sp³-hybridized carbons (Fsp3) is 0.500. The summed E-state index contributed by atoms with van der Waals surface area (Å²) in [5.41, 5.74) is -0.983. The van der Waals surface area contributed by atoms with Gasteiger partial charge in [-0.2, -0.15) is 0 Å². The molecule has 0 radical (unpaired) electrons. The quantitative estimate of drug-likeness (QED) is 0.905. The first-order valence-corrected chi connectivity index (χ1v) is 6.98. The first-order valence-electron chi connectivity index (χ1n) is 6.98. The Bertz CT molecular complexity index is 622. The van der Waals surface area contributed by atoms with Crippen LogP contribution in [0.25, 0.3) is 0 Å². The first kappa shape index (κ1) is 13.8. The maximum Gasteiger partial charge on any atom is 0.289 e. The number of aliphatic hydroxyl groups is 1. The zero-order valence-electron chi connectivity index (χ0n) is 11.9. The van der Waals surface area contributed by atoms with Gasteiger partial charge in [0.25, 0.3) is 5.91 Å². The van der Waals surface area contributed by atoms with Crippen LogP contribution in [0, 0.1) is 6.92 Å². The molecule has 1 saturated heterocycles. The topological polar surface area (TPSA) is 84.4 Å². The Morgan fingerprint density at radius 1 is 1.52 bits per heavy atom. The minimum Gasteiger partial charge on any atom is -0.456 e. The molecule has 1 atom stereocenters. The van der Waals surface area contributed by atoms with Crippen LogP contribution >= 0.6 is 0 Å². The smallest absolute Gasteiger partial charge is 0.289 e. The Labute approximate surface area is 122 Å². The summed E-state index contributed by atoms with van der Waals surface area (Å²) in [5.74, 6) is 0.838. The van der Waals surface area contributed by atoms with Crippen molar-refractivity contribution in [2.45, 2.75) is 31.9 Å². The molecule has 0 saturated carbocycles. The Hall–Kier alpha value is -2.15. The molecule has 1 amide bonds. The second-order valence-corrected chi connectivity index (χ2v) is 5.57. The lowest BCUT2D eigenvalue weighted by Crippen LogP contribution is -2.52.